The Bertz CT molecular complexity index is 615. The number of nitrogens with one attached hydrogen (secondary N) is 2. The van der Waals surface area contributed by atoms with Crippen molar-refractivity contribution in [2.45, 2.75) is 6.42 Å². The molecule has 1 aromatic carbocycles. The molecular weight excluding hydrogens is 409 g/mol. The molecule has 2 N–H and O–H groups in total. The molecule has 0 spiro atoms. The van der Waals surface area contributed by atoms with Crippen LogP contribution >= 0.6 is 24.0 Å². The third kappa shape index (κ3) is 5.66. The van der Waals surface area contributed by atoms with Crippen LogP contribution < -0.4 is 20.1 Å². The van der Waals surface area contributed by atoms with Crippen molar-refractivity contribution < 1.29 is 13.9 Å². The summed E-state index contributed by atoms with van der Waals surface area (Å²) in [5.74, 6) is 2.97. The maximum absolute atomic E-state index is 5.29. The molecule has 0 saturated heterocycles. The molecule has 0 bridgehead atoms. The fourth-order valence-corrected chi connectivity index (χ4v) is 1.99. The van der Waals surface area contributed by atoms with Gasteiger partial charge in [-0.2, -0.15) is 0 Å². The van der Waals surface area contributed by atoms with Crippen molar-refractivity contribution in [3.63, 3.8) is 0 Å². The summed E-state index contributed by atoms with van der Waals surface area (Å²) >= 11 is 0. The molecule has 7 heteroatoms. The van der Waals surface area contributed by atoms with E-state index in [1.807, 2.05) is 30.3 Å². The number of aliphatic imine (C=N–C) groups is 1. The van der Waals surface area contributed by atoms with E-state index in [1.54, 1.807) is 27.5 Å². The summed E-state index contributed by atoms with van der Waals surface area (Å²) in [6, 6.07) is 9.44. The lowest BCUT2D eigenvalue weighted by atomic mass is 10.2. The summed E-state index contributed by atoms with van der Waals surface area (Å²) in [5, 5.41) is 6.44. The lowest BCUT2D eigenvalue weighted by Gasteiger charge is -2.13. The van der Waals surface area contributed by atoms with Gasteiger partial charge in [0, 0.05) is 31.8 Å². The molecule has 23 heavy (non-hydrogen) atoms. The van der Waals surface area contributed by atoms with Crippen LogP contribution in [0.2, 0.25) is 0 Å². The Hall–Kier alpha value is -1.90. The van der Waals surface area contributed by atoms with Gasteiger partial charge in [-0.15, -0.1) is 24.0 Å². The predicted molar refractivity (Wildman–Crippen MR) is 102 cm³/mol. The Kier molecular flexibility index (Phi) is 8.31. The molecule has 1 aromatic heterocycles. The molecule has 0 unspecified atom stereocenters. The Labute approximate surface area is 153 Å². The quantitative estimate of drug-likeness (QED) is 0.418. The lowest BCUT2D eigenvalue weighted by Crippen LogP contribution is -2.32. The van der Waals surface area contributed by atoms with Crippen LogP contribution in [0.4, 0.5) is 5.69 Å². The number of furan rings is 1. The second kappa shape index (κ2) is 9.98. The van der Waals surface area contributed by atoms with Gasteiger partial charge in [-0.1, -0.05) is 0 Å². The van der Waals surface area contributed by atoms with E-state index in [2.05, 4.69) is 15.6 Å². The number of rotatable bonds is 6. The first-order valence-electron chi connectivity index (χ1n) is 6.99. The fraction of sp³-hybridized carbons (Fsp3) is 0.312. The van der Waals surface area contributed by atoms with Crippen molar-refractivity contribution in [3.8, 4) is 11.5 Å². The predicted octanol–water partition coefficient (Wildman–Crippen LogP) is 3.14. The zero-order valence-corrected chi connectivity index (χ0v) is 15.8. The Morgan fingerprint density at radius 2 is 1.96 bits per heavy atom. The number of hydrogen-bond acceptors (Lipinski definition) is 4. The SMILES string of the molecule is CN=C(NCCc1ccco1)Nc1ccc(OC)c(OC)c1.I. The van der Waals surface area contributed by atoms with Gasteiger partial charge in [-0.3, -0.25) is 4.99 Å². The van der Waals surface area contributed by atoms with Gasteiger partial charge in [0.05, 0.1) is 20.5 Å². The largest absolute Gasteiger partial charge is 0.493 e. The van der Waals surface area contributed by atoms with E-state index in [0.717, 1.165) is 24.4 Å². The monoisotopic (exact) mass is 431 g/mol. The zero-order chi connectivity index (χ0) is 15.8. The molecule has 1 heterocycles. The highest BCUT2D eigenvalue weighted by atomic mass is 127. The third-order valence-electron chi connectivity index (χ3n) is 3.11. The van der Waals surface area contributed by atoms with Crippen LogP contribution in [0.1, 0.15) is 5.76 Å². The van der Waals surface area contributed by atoms with Crippen molar-refractivity contribution in [1.29, 1.82) is 0 Å². The number of ether oxygens (including phenoxy) is 2. The van der Waals surface area contributed by atoms with Gasteiger partial charge < -0.3 is 24.5 Å². The van der Waals surface area contributed by atoms with E-state index in [-0.39, 0.29) is 24.0 Å². The first-order chi connectivity index (χ1) is 10.8. The van der Waals surface area contributed by atoms with Gasteiger partial charge in [0.2, 0.25) is 0 Å². The number of anilines is 1. The van der Waals surface area contributed by atoms with Crippen LogP contribution in [0, 0.1) is 0 Å². The Morgan fingerprint density at radius 1 is 1.17 bits per heavy atom. The molecule has 0 fully saturated rings. The van der Waals surface area contributed by atoms with Crippen molar-refractivity contribution in [2.75, 3.05) is 33.1 Å². The second-order valence-corrected chi connectivity index (χ2v) is 4.52. The van der Waals surface area contributed by atoms with Crippen LogP contribution in [0.3, 0.4) is 0 Å². The second-order valence-electron chi connectivity index (χ2n) is 4.52. The van der Waals surface area contributed by atoms with E-state index in [1.165, 1.54) is 0 Å². The smallest absolute Gasteiger partial charge is 0.195 e. The minimum absolute atomic E-state index is 0. The molecule has 0 aliphatic rings. The number of benzene rings is 1. The van der Waals surface area contributed by atoms with Gasteiger partial charge in [-0.05, 0) is 24.3 Å². The van der Waals surface area contributed by atoms with E-state index in [9.17, 15) is 0 Å². The number of methoxy groups -OCH3 is 2. The van der Waals surface area contributed by atoms with Crippen LogP contribution in [-0.4, -0.2) is 33.8 Å². The minimum atomic E-state index is 0. The van der Waals surface area contributed by atoms with E-state index in [0.29, 0.717) is 17.5 Å². The first kappa shape index (κ1) is 19.1. The van der Waals surface area contributed by atoms with E-state index < -0.39 is 0 Å². The third-order valence-corrected chi connectivity index (χ3v) is 3.11. The lowest BCUT2D eigenvalue weighted by molar-refractivity contribution is 0.355. The van der Waals surface area contributed by atoms with Crippen LogP contribution in [0.5, 0.6) is 11.5 Å². The summed E-state index contributed by atoms with van der Waals surface area (Å²) in [5.41, 5.74) is 0.865. The van der Waals surface area contributed by atoms with Crippen molar-refractivity contribution >= 4 is 35.6 Å². The normalized spacial score (nSPS) is 10.7. The fourth-order valence-electron chi connectivity index (χ4n) is 1.99. The van der Waals surface area contributed by atoms with Gasteiger partial charge in [0.1, 0.15) is 5.76 Å². The van der Waals surface area contributed by atoms with Gasteiger partial charge in [0.15, 0.2) is 17.5 Å². The molecule has 126 valence electrons. The zero-order valence-electron chi connectivity index (χ0n) is 13.5. The summed E-state index contributed by atoms with van der Waals surface area (Å²) in [7, 11) is 4.95. The number of hydrogen-bond donors (Lipinski definition) is 2. The Morgan fingerprint density at radius 3 is 2.57 bits per heavy atom. The number of halogens is 1. The highest BCUT2D eigenvalue weighted by Gasteiger charge is 2.06. The highest BCUT2D eigenvalue weighted by Crippen LogP contribution is 2.29. The number of nitrogens with zero attached hydrogens (tertiary/aromatic N) is 1. The molecule has 0 saturated carbocycles. The van der Waals surface area contributed by atoms with E-state index in [4.69, 9.17) is 13.9 Å². The summed E-state index contributed by atoms with van der Waals surface area (Å²) in [4.78, 5) is 4.19. The topological polar surface area (TPSA) is 68.0 Å². The molecule has 0 radical (unpaired) electrons. The van der Waals surface area contributed by atoms with Crippen molar-refractivity contribution in [3.05, 3.63) is 42.4 Å². The maximum Gasteiger partial charge on any atom is 0.195 e. The van der Waals surface area contributed by atoms with Crippen LogP contribution in [0.25, 0.3) is 0 Å². The summed E-state index contributed by atoms with van der Waals surface area (Å²) < 4.78 is 15.8. The summed E-state index contributed by atoms with van der Waals surface area (Å²) in [6.07, 6.45) is 2.46. The Balaban J connectivity index is 0.00000264. The van der Waals surface area contributed by atoms with Crippen LogP contribution in [0.15, 0.2) is 46.0 Å². The highest BCUT2D eigenvalue weighted by molar-refractivity contribution is 14.0. The molecule has 2 rings (SSSR count). The minimum Gasteiger partial charge on any atom is -0.493 e. The van der Waals surface area contributed by atoms with Gasteiger partial charge >= 0.3 is 0 Å². The molecule has 0 amide bonds. The standard InChI is InChI=1S/C16H21N3O3.HI/c1-17-16(18-9-8-13-5-4-10-22-13)19-12-6-7-14(20-2)15(11-12)21-3;/h4-7,10-11H,8-9H2,1-3H3,(H2,17,18,19);1H. The molecule has 0 aliphatic carbocycles. The van der Waals surface area contributed by atoms with Crippen LogP contribution in [-0.2, 0) is 6.42 Å². The summed E-state index contributed by atoms with van der Waals surface area (Å²) in [6.45, 7) is 0.723. The van der Waals surface area contributed by atoms with Gasteiger partial charge in [0.25, 0.3) is 0 Å². The number of guanidine groups is 1. The molecule has 2 aromatic rings. The average molecular weight is 431 g/mol. The molecule has 6 nitrogen and oxygen atoms in total. The maximum atomic E-state index is 5.29. The van der Waals surface area contributed by atoms with E-state index >= 15 is 0 Å². The molecular formula is C16H22IN3O3. The average Bonchev–Trinajstić information content (AvgIpc) is 3.07. The molecule has 0 atom stereocenters. The van der Waals surface area contributed by atoms with Crippen molar-refractivity contribution in [2.24, 2.45) is 4.99 Å². The van der Waals surface area contributed by atoms with Crippen molar-refractivity contribution in [1.82, 2.24) is 5.32 Å². The first-order valence-corrected chi connectivity index (χ1v) is 6.99. The van der Waals surface area contributed by atoms with Gasteiger partial charge in [-0.25, -0.2) is 0 Å². The molecule has 0 aliphatic heterocycles.